The summed E-state index contributed by atoms with van der Waals surface area (Å²) in [4.78, 5) is 10.4. The first-order chi connectivity index (χ1) is 7.27. The second-order valence-corrected chi connectivity index (χ2v) is 3.19. The lowest BCUT2D eigenvalue weighted by Gasteiger charge is -1.97. The molecule has 15 heavy (non-hydrogen) atoms. The molecule has 0 spiro atoms. The standard InChI is InChI=1S/C12H14FNO/c1-14-7-3-2-4-10-5-6-11(9-15)12(13)8-10/h2,4-6,8-9,14H,3,7H2,1H3. The average Bonchev–Trinajstić information content (AvgIpc) is 2.25. The van der Waals surface area contributed by atoms with Crippen molar-refractivity contribution >= 4 is 12.4 Å². The summed E-state index contributed by atoms with van der Waals surface area (Å²) < 4.78 is 13.1. The molecule has 0 amide bonds. The van der Waals surface area contributed by atoms with E-state index in [1.807, 2.05) is 19.2 Å². The molecule has 0 aliphatic rings. The van der Waals surface area contributed by atoms with Crippen LogP contribution >= 0.6 is 0 Å². The largest absolute Gasteiger partial charge is 0.319 e. The number of carbonyl (C=O) groups excluding carboxylic acids is 1. The van der Waals surface area contributed by atoms with E-state index >= 15 is 0 Å². The zero-order chi connectivity index (χ0) is 11.1. The molecular formula is C12H14FNO. The Morgan fingerprint density at radius 3 is 2.87 bits per heavy atom. The van der Waals surface area contributed by atoms with Gasteiger partial charge in [-0.1, -0.05) is 18.2 Å². The maximum Gasteiger partial charge on any atom is 0.152 e. The van der Waals surface area contributed by atoms with Crippen LogP contribution in [0.5, 0.6) is 0 Å². The number of aldehydes is 1. The normalized spacial score (nSPS) is 10.8. The molecule has 1 aromatic rings. The molecule has 80 valence electrons. The predicted molar refractivity (Wildman–Crippen MR) is 59.4 cm³/mol. The van der Waals surface area contributed by atoms with Crippen molar-refractivity contribution < 1.29 is 9.18 Å². The van der Waals surface area contributed by atoms with E-state index in [9.17, 15) is 9.18 Å². The van der Waals surface area contributed by atoms with Crippen LogP contribution in [-0.4, -0.2) is 19.9 Å². The van der Waals surface area contributed by atoms with Gasteiger partial charge in [0.15, 0.2) is 6.29 Å². The van der Waals surface area contributed by atoms with Crippen molar-refractivity contribution in [2.24, 2.45) is 0 Å². The smallest absolute Gasteiger partial charge is 0.152 e. The second kappa shape index (κ2) is 6.09. The van der Waals surface area contributed by atoms with Gasteiger partial charge in [0.25, 0.3) is 0 Å². The fraction of sp³-hybridized carbons (Fsp3) is 0.250. The number of rotatable bonds is 5. The minimum Gasteiger partial charge on any atom is -0.319 e. The van der Waals surface area contributed by atoms with Crippen molar-refractivity contribution in [3.63, 3.8) is 0 Å². The molecule has 1 N–H and O–H groups in total. The number of carbonyl (C=O) groups is 1. The van der Waals surface area contributed by atoms with Crippen LogP contribution in [0.2, 0.25) is 0 Å². The van der Waals surface area contributed by atoms with Gasteiger partial charge in [-0.15, -0.1) is 0 Å². The number of hydrogen-bond acceptors (Lipinski definition) is 2. The fourth-order valence-electron chi connectivity index (χ4n) is 1.19. The highest BCUT2D eigenvalue weighted by molar-refractivity contribution is 5.75. The molecule has 0 bridgehead atoms. The van der Waals surface area contributed by atoms with Crippen LogP contribution in [0.1, 0.15) is 22.3 Å². The Labute approximate surface area is 88.8 Å². The Morgan fingerprint density at radius 2 is 2.27 bits per heavy atom. The molecule has 2 nitrogen and oxygen atoms in total. The number of nitrogens with one attached hydrogen (secondary N) is 1. The summed E-state index contributed by atoms with van der Waals surface area (Å²) >= 11 is 0. The summed E-state index contributed by atoms with van der Waals surface area (Å²) in [5, 5.41) is 3.01. The SMILES string of the molecule is CNCCC=Cc1ccc(C=O)c(F)c1. The summed E-state index contributed by atoms with van der Waals surface area (Å²) in [6.45, 7) is 0.894. The molecule has 1 aromatic carbocycles. The Morgan fingerprint density at radius 1 is 1.47 bits per heavy atom. The predicted octanol–water partition coefficient (Wildman–Crippen LogP) is 2.26. The molecule has 0 unspecified atom stereocenters. The number of benzene rings is 1. The van der Waals surface area contributed by atoms with Crippen LogP contribution in [0.25, 0.3) is 6.08 Å². The maximum absolute atomic E-state index is 13.1. The lowest BCUT2D eigenvalue weighted by Crippen LogP contribution is -2.05. The first-order valence-electron chi connectivity index (χ1n) is 4.84. The molecule has 0 aromatic heterocycles. The topological polar surface area (TPSA) is 29.1 Å². The molecule has 0 saturated heterocycles. The Kier molecular flexibility index (Phi) is 4.71. The van der Waals surface area contributed by atoms with E-state index in [0.717, 1.165) is 18.5 Å². The van der Waals surface area contributed by atoms with Crippen molar-refractivity contribution in [3.8, 4) is 0 Å². The molecule has 0 atom stereocenters. The number of hydrogen-bond donors (Lipinski definition) is 1. The summed E-state index contributed by atoms with van der Waals surface area (Å²) in [5.41, 5.74) is 0.872. The van der Waals surface area contributed by atoms with Gasteiger partial charge in [-0.25, -0.2) is 4.39 Å². The van der Waals surface area contributed by atoms with E-state index in [0.29, 0.717) is 6.29 Å². The van der Waals surface area contributed by atoms with Crippen LogP contribution in [0.15, 0.2) is 24.3 Å². The van der Waals surface area contributed by atoms with Gasteiger partial charge in [0.05, 0.1) is 5.56 Å². The highest BCUT2D eigenvalue weighted by atomic mass is 19.1. The zero-order valence-electron chi connectivity index (χ0n) is 8.66. The Bertz CT molecular complexity index is 361. The van der Waals surface area contributed by atoms with E-state index in [-0.39, 0.29) is 5.56 Å². The highest BCUT2D eigenvalue weighted by Gasteiger charge is 1.99. The lowest BCUT2D eigenvalue weighted by molar-refractivity contribution is 0.112. The molecule has 0 aliphatic heterocycles. The summed E-state index contributed by atoms with van der Waals surface area (Å²) in [7, 11) is 1.88. The molecule has 0 heterocycles. The molecule has 1 rings (SSSR count). The van der Waals surface area contributed by atoms with Gasteiger partial charge in [0, 0.05) is 0 Å². The molecule has 3 heteroatoms. The molecule has 0 aliphatic carbocycles. The minimum absolute atomic E-state index is 0.0994. The third-order valence-corrected chi connectivity index (χ3v) is 2.02. The third kappa shape index (κ3) is 3.64. The highest BCUT2D eigenvalue weighted by Crippen LogP contribution is 2.10. The van der Waals surface area contributed by atoms with E-state index in [2.05, 4.69) is 5.32 Å². The van der Waals surface area contributed by atoms with Crippen LogP contribution in [0.4, 0.5) is 4.39 Å². The first kappa shape index (κ1) is 11.6. The van der Waals surface area contributed by atoms with E-state index in [4.69, 9.17) is 0 Å². The van der Waals surface area contributed by atoms with Gasteiger partial charge in [0.1, 0.15) is 5.82 Å². The molecule has 0 radical (unpaired) electrons. The van der Waals surface area contributed by atoms with Gasteiger partial charge >= 0.3 is 0 Å². The van der Waals surface area contributed by atoms with Crippen molar-refractivity contribution in [1.29, 1.82) is 0 Å². The fourth-order valence-corrected chi connectivity index (χ4v) is 1.19. The summed E-state index contributed by atoms with van der Waals surface area (Å²) in [6, 6.07) is 4.57. The number of halogens is 1. The van der Waals surface area contributed by atoms with Gasteiger partial charge < -0.3 is 5.32 Å². The lowest BCUT2D eigenvalue weighted by atomic mass is 10.1. The Hall–Kier alpha value is -1.48. The second-order valence-electron chi connectivity index (χ2n) is 3.19. The quantitative estimate of drug-likeness (QED) is 0.592. The van der Waals surface area contributed by atoms with Gasteiger partial charge in [-0.05, 0) is 37.7 Å². The minimum atomic E-state index is -0.472. The molecular weight excluding hydrogens is 193 g/mol. The van der Waals surface area contributed by atoms with Crippen LogP contribution < -0.4 is 5.32 Å². The zero-order valence-corrected chi connectivity index (χ0v) is 8.66. The van der Waals surface area contributed by atoms with E-state index < -0.39 is 5.82 Å². The van der Waals surface area contributed by atoms with Gasteiger partial charge in [-0.3, -0.25) is 4.79 Å². The maximum atomic E-state index is 13.1. The van der Waals surface area contributed by atoms with Crippen LogP contribution in [0, 0.1) is 5.82 Å². The third-order valence-electron chi connectivity index (χ3n) is 2.02. The van der Waals surface area contributed by atoms with E-state index in [1.165, 1.54) is 12.1 Å². The van der Waals surface area contributed by atoms with Crippen molar-refractivity contribution in [1.82, 2.24) is 5.32 Å². The molecule has 0 fully saturated rings. The van der Waals surface area contributed by atoms with Crippen molar-refractivity contribution in [3.05, 3.63) is 41.2 Å². The monoisotopic (exact) mass is 207 g/mol. The van der Waals surface area contributed by atoms with Crippen molar-refractivity contribution in [2.75, 3.05) is 13.6 Å². The van der Waals surface area contributed by atoms with Crippen LogP contribution in [0.3, 0.4) is 0 Å². The summed E-state index contributed by atoms with van der Waals surface area (Å²) in [5.74, 6) is -0.472. The first-order valence-corrected chi connectivity index (χ1v) is 4.84. The van der Waals surface area contributed by atoms with Gasteiger partial charge in [0.2, 0.25) is 0 Å². The molecule has 0 saturated carbocycles. The Balaban J connectivity index is 2.67. The van der Waals surface area contributed by atoms with Gasteiger partial charge in [-0.2, -0.15) is 0 Å². The average molecular weight is 207 g/mol. The van der Waals surface area contributed by atoms with Crippen molar-refractivity contribution in [2.45, 2.75) is 6.42 Å². The summed E-state index contributed by atoms with van der Waals surface area (Å²) in [6.07, 6.45) is 5.22. The van der Waals surface area contributed by atoms with Crippen LogP contribution in [-0.2, 0) is 0 Å². The van der Waals surface area contributed by atoms with E-state index in [1.54, 1.807) is 6.07 Å².